The SMILES string of the molecule is CCC(=O)C1(C(=O)CC)c2ccccc2-c2ccccc21. The zero-order valence-corrected chi connectivity index (χ0v) is 12.3. The smallest absolute Gasteiger partial charge is 0.155 e. The van der Waals surface area contributed by atoms with Gasteiger partial charge in [0.15, 0.2) is 11.6 Å². The number of Topliss-reactive ketones (excluding diaryl/α,β-unsaturated/α-hetero) is 2. The van der Waals surface area contributed by atoms with E-state index in [4.69, 9.17) is 0 Å². The summed E-state index contributed by atoms with van der Waals surface area (Å²) < 4.78 is 0. The van der Waals surface area contributed by atoms with E-state index in [1.807, 2.05) is 62.4 Å². The first-order valence-electron chi connectivity index (χ1n) is 7.43. The molecule has 0 heterocycles. The Balaban J connectivity index is 2.44. The quantitative estimate of drug-likeness (QED) is 0.795. The topological polar surface area (TPSA) is 34.1 Å². The van der Waals surface area contributed by atoms with Crippen LogP contribution in [0.2, 0.25) is 0 Å². The largest absolute Gasteiger partial charge is 0.298 e. The first-order valence-corrected chi connectivity index (χ1v) is 7.43. The molecule has 106 valence electrons. The zero-order valence-electron chi connectivity index (χ0n) is 12.3. The molecule has 1 aliphatic carbocycles. The van der Waals surface area contributed by atoms with Gasteiger partial charge in [0.25, 0.3) is 0 Å². The molecule has 0 atom stereocenters. The highest BCUT2D eigenvalue weighted by atomic mass is 16.2. The third kappa shape index (κ3) is 1.65. The van der Waals surface area contributed by atoms with Crippen molar-refractivity contribution in [2.75, 3.05) is 0 Å². The van der Waals surface area contributed by atoms with Crippen LogP contribution in [0.1, 0.15) is 37.8 Å². The van der Waals surface area contributed by atoms with Crippen LogP contribution < -0.4 is 0 Å². The summed E-state index contributed by atoms with van der Waals surface area (Å²) in [6.07, 6.45) is 0.711. The number of ketones is 2. The summed E-state index contributed by atoms with van der Waals surface area (Å²) in [6.45, 7) is 3.66. The van der Waals surface area contributed by atoms with Crippen LogP contribution in [-0.4, -0.2) is 11.6 Å². The van der Waals surface area contributed by atoms with Crippen molar-refractivity contribution in [3.8, 4) is 11.1 Å². The molecule has 0 fully saturated rings. The minimum absolute atomic E-state index is 0.00764. The van der Waals surface area contributed by atoms with Crippen LogP contribution in [0, 0.1) is 0 Å². The Kier molecular flexibility index (Phi) is 3.25. The van der Waals surface area contributed by atoms with Gasteiger partial charge in [0.2, 0.25) is 0 Å². The molecule has 1 aliphatic rings. The first-order chi connectivity index (χ1) is 10.2. The Morgan fingerprint density at radius 3 is 1.52 bits per heavy atom. The molecule has 2 nitrogen and oxygen atoms in total. The molecule has 0 saturated carbocycles. The zero-order chi connectivity index (χ0) is 15.0. The summed E-state index contributed by atoms with van der Waals surface area (Å²) in [7, 11) is 0. The third-order valence-corrected chi connectivity index (χ3v) is 4.43. The monoisotopic (exact) mass is 278 g/mol. The van der Waals surface area contributed by atoms with Gasteiger partial charge in [0.05, 0.1) is 0 Å². The summed E-state index contributed by atoms with van der Waals surface area (Å²) in [5.74, 6) is -0.0153. The maximum atomic E-state index is 12.8. The lowest BCUT2D eigenvalue weighted by Gasteiger charge is -2.28. The number of carbonyl (C=O) groups is 2. The maximum Gasteiger partial charge on any atom is 0.155 e. The van der Waals surface area contributed by atoms with Gasteiger partial charge in [-0.05, 0) is 22.3 Å². The van der Waals surface area contributed by atoms with E-state index < -0.39 is 5.41 Å². The maximum absolute atomic E-state index is 12.8. The molecule has 0 spiro atoms. The average molecular weight is 278 g/mol. The van der Waals surface area contributed by atoms with E-state index in [9.17, 15) is 9.59 Å². The van der Waals surface area contributed by atoms with Crippen LogP contribution in [0.25, 0.3) is 11.1 Å². The molecule has 21 heavy (non-hydrogen) atoms. The Morgan fingerprint density at radius 1 is 0.762 bits per heavy atom. The van der Waals surface area contributed by atoms with E-state index in [-0.39, 0.29) is 11.6 Å². The van der Waals surface area contributed by atoms with E-state index >= 15 is 0 Å². The standard InChI is InChI=1S/C19H18O2/c1-3-17(20)19(18(21)4-2)15-11-7-5-9-13(15)14-10-6-8-12-16(14)19/h5-12H,3-4H2,1-2H3. The van der Waals surface area contributed by atoms with E-state index in [1.165, 1.54) is 0 Å². The second kappa shape index (κ2) is 4.96. The lowest BCUT2D eigenvalue weighted by atomic mass is 9.70. The summed E-state index contributed by atoms with van der Waals surface area (Å²) in [5, 5.41) is 0. The molecule has 0 saturated heterocycles. The fourth-order valence-corrected chi connectivity index (χ4v) is 3.52. The average Bonchev–Trinajstić information content (AvgIpc) is 2.85. The van der Waals surface area contributed by atoms with Crippen molar-refractivity contribution in [1.82, 2.24) is 0 Å². The van der Waals surface area contributed by atoms with Crippen LogP contribution in [0.5, 0.6) is 0 Å². The van der Waals surface area contributed by atoms with Crippen molar-refractivity contribution in [3.05, 3.63) is 59.7 Å². The second-order valence-corrected chi connectivity index (χ2v) is 5.39. The minimum Gasteiger partial charge on any atom is -0.298 e. The van der Waals surface area contributed by atoms with E-state index in [0.29, 0.717) is 12.8 Å². The fourth-order valence-electron chi connectivity index (χ4n) is 3.52. The molecule has 0 N–H and O–H groups in total. The highest BCUT2D eigenvalue weighted by Crippen LogP contribution is 2.50. The summed E-state index contributed by atoms with van der Waals surface area (Å²) in [4.78, 5) is 25.7. The van der Waals surface area contributed by atoms with Gasteiger partial charge in [-0.15, -0.1) is 0 Å². The van der Waals surface area contributed by atoms with Crippen molar-refractivity contribution < 1.29 is 9.59 Å². The molecule has 2 aromatic rings. The third-order valence-electron chi connectivity index (χ3n) is 4.43. The lowest BCUT2D eigenvalue weighted by molar-refractivity contribution is -0.132. The molecular weight excluding hydrogens is 260 g/mol. The molecule has 0 aromatic heterocycles. The van der Waals surface area contributed by atoms with Gasteiger partial charge in [0, 0.05) is 12.8 Å². The molecule has 3 rings (SSSR count). The van der Waals surface area contributed by atoms with Crippen LogP contribution in [0.15, 0.2) is 48.5 Å². The number of hydrogen-bond acceptors (Lipinski definition) is 2. The molecule has 2 aromatic carbocycles. The van der Waals surface area contributed by atoms with Crippen LogP contribution in [0.3, 0.4) is 0 Å². The fraction of sp³-hybridized carbons (Fsp3) is 0.263. The van der Waals surface area contributed by atoms with Crippen LogP contribution in [0.4, 0.5) is 0 Å². The predicted molar refractivity (Wildman–Crippen MR) is 83.3 cm³/mol. The Bertz CT molecular complexity index is 664. The molecule has 0 radical (unpaired) electrons. The number of hydrogen-bond donors (Lipinski definition) is 0. The number of fused-ring (bicyclic) bond motifs is 3. The van der Waals surface area contributed by atoms with Gasteiger partial charge in [-0.1, -0.05) is 62.4 Å². The van der Waals surface area contributed by atoms with E-state index in [0.717, 1.165) is 22.3 Å². The Labute approximate surface area is 124 Å². The van der Waals surface area contributed by atoms with Crippen molar-refractivity contribution >= 4 is 11.6 Å². The minimum atomic E-state index is -1.10. The van der Waals surface area contributed by atoms with Crippen molar-refractivity contribution in [2.45, 2.75) is 32.1 Å². The number of benzene rings is 2. The normalized spacial score (nSPS) is 14.4. The van der Waals surface area contributed by atoms with Gasteiger partial charge in [-0.2, -0.15) is 0 Å². The lowest BCUT2D eigenvalue weighted by Crippen LogP contribution is -2.42. The molecule has 2 heteroatoms. The van der Waals surface area contributed by atoms with Crippen molar-refractivity contribution in [3.63, 3.8) is 0 Å². The first kappa shape index (κ1) is 13.7. The molecule has 0 aliphatic heterocycles. The highest BCUT2D eigenvalue weighted by molar-refractivity contribution is 6.20. The van der Waals surface area contributed by atoms with Crippen LogP contribution in [-0.2, 0) is 15.0 Å². The van der Waals surface area contributed by atoms with E-state index in [1.54, 1.807) is 0 Å². The highest BCUT2D eigenvalue weighted by Gasteiger charge is 2.52. The molecule has 0 amide bonds. The number of rotatable bonds is 4. The molecule has 0 unspecified atom stereocenters. The number of carbonyl (C=O) groups excluding carboxylic acids is 2. The molecular formula is C19H18O2. The molecule has 0 bridgehead atoms. The summed E-state index contributed by atoms with van der Waals surface area (Å²) in [6, 6.07) is 15.6. The van der Waals surface area contributed by atoms with Crippen molar-refractivity contribution in [2.24, 2.45) is 0 Å². The van der Waals surface area contributed by atoms with E-state index in [2.05, 4.69) is 0 Å². The van der Waals surface area contributed by atoms with Gasteiger partial charge < -0.3 is 0 Å². The second-order valence-electron chi connectivity index (χ2n) is 5.39. The van der Waals surface area contributed by atoms with Gasteiger partial charge in [-0.25, -0.2) is 0 Å². The van der Waals surface area contributed by atoms with Crippen molar-refractivity contribution in [1.29, 1.82) is 0 Å². The Hall–Kier alpha value is -2.22. The van der Waals surface area contributed by atoms with Gasteiger partial charge in [0.1, 0.15) is 5.41 Å². The van der Waals surface area contributed by atoms with Crippen LogP contribution >= 0.6 is 0 Å². The summed E-state index contributed by atoms with van der Waals surface area (Å²) in [5.41, 5.74) is 2.62. The van der Waals surface area contributed by atoms with Gasteiger partial charge >= 0.3 is 0 Å². The predicted octanol–water partition coefficient (Wildman–Crippen LogP) is 3.91. The Morgan fingerprint density at radius 2 is 1.14 bits per heavy atom. The summed E-state index contributed by atoms with van der Waals surface area (Å²) >= 11 is 0. The van der Waals surface area contributed by atoms with Gasteiger partial charge in [-0.3, -0.25) is 9.59 Å².